The van der Waals surface area contributed by atoms with Crippen LogP contribution in [0.25, 0.3) is 0 Å². The Morgan fingerprint density at radius 2 is 0.919 bits per heavy atom. The zero-order valence-electron chi connectivity index (χ0n) is 40.5. The number of allylic oxidation sites excluding steroid dienone is 14. The van der Waals surface area contributed by atoms with E-state index in [1.807, 2.05) is 21.1 Å². The van der Waals surface area contributed by atoms with Gasteiger partial charge in [0.15, 0.2) is 0 Å². The van der Waals surface area contributed by atoms with E-state index in [0.717, 1.165) is 64.2 Å². The molecule has 8 nitrogen and oxygen atoms in total. The number of esters is 1. The number of rotatable bonds is 45. The van der Waals surface area contributed by atoms with Crippen molar-refractivity contribution in [2.75, 3.05) is 54.1 Å². The SMILES string of the molecule is CC/C=C\C/C=C\C/C=C\C/C=C\C/C=C\C/C=C\C/C=C\CCCC(=O)OC(COCCCCCCCCCCCCCCCCCCC)COP(=O)([O-])OCC[N+](C)(C)C. The summed E-state index contributed by atoms with van der Waals surface area (Å²) in [5.74, 6) is -0.392. The van der Waals surface area contributed by atoms with Gasteiger partial charge in [0.1, 0.15) is 19.3 Å². The van der Waals surface area contributed by atoms with E-state index in [1.54, 1.807) is 0 Å². The first-order valence-electron chi connectivity index (χ1n) is 24.8. The van der Waals surface area contributed by atoms with E-state index in [9.17, 15) is 14.3 Å². The van der Waals surface area contributed by atoms with E-state index < -0.39 is 19.9 Å². The van der Waals surface area contributed by atoms with Gasteiger partial charge in [-0.1, -0.05) is 202 Å². The number of carbonyl (C=O) groups is 1. The first-order chi connectivity index (χ1) is 30.1. The fraction of sp³-hybridized carbons (Fsp3) is 0.717. The summed E-state index contributed by atoms with van der Waals surface area (Å²) in [6.07, 6.45) is 60.4. The molecule has 0 aromatic rings. The van der Waals surface area contributed by atoms with Crippen molar-refractivity contribution in [2.45, 2.75) is 193 Å². The number of hydrogen-bond donors (Lipinski definition) is 0. The Hall–Kier alpha value is -2.32. The number of carbonyl (C=O) groups excluding carboxylic acids is 1. The lowest BCUT2D eigenvalue weighted by molar-refractivity contribution is -0.870. The molecule has 0 aliphatic rings. The van der Waals surface area contributed by atoms with E-state index in [0.29, 0.717) is 24.1 Å². The fourth-order valence-corrected chi connectivity index (χ4v) is 7.15. The van der Waals surface area contributed by atoms with Gasteiger partial charge >= 0.3 is 5.97 Å². The number of likely N-dealkylation sites (N-methyl/N-ethyl adjacent to an activating group) is 1. The van der Waals surface area contributed by atoms with Crippen molar-refractivity contribution in [3.8, 4) is 0 Å². The van der Waals surface area contributed by atoms with Gasteiger partial charge in [0.05, 0.1) is 34.4 Å². The second-order valence-electron chi connectivity index (χ2n) is 17.4. The van der Waals surface area contributed by atoms with E-state index in [-0.39, 0.29) is 26.2 Å². The molecule has 0 aliphatic heterocycles. The maximum Gasteiger partial charge on any atom is 0.306 e. The number of quaternary nitrogens is 1. The number of nitrogens with zero attached hydrogens (tertiary/aromatic N) is 1. The summed E-state index contributed by atoms with van der Waals surface area (Å²) in [7, 11) is 1.31. The molecule has 0 aliphatic carbocycles. The van der Waals surface area contributed by atoms with Crippen LogP contribution in [0.2, 0.25) is 0 Å². The monoisotopic (exact) mass is 888 g/mol. The van der Waals surface area contributed by atoms with Crippen molar-refractivity contribution >= 4 is 13.8 Å². The summed E-state index contributed by atoms with van der Waals surface area (Å²) in [5.41, 5.74) is 0. The summed E-state index contributed by atoms with van der Waals surface area (Å²) in [4.78, 5) is 25.1. The van der Waals surface area contributed by atoms with Gasteiger partial charge < -0.3 is 27.9 Å². The predicted octanol–water partition coefficient (Wildman–Crippen LogP) is 14.6. The topological polar surface area (TPSA) is 94.1 Å². The van der Waals surface area contributed by atoms with Crippen molar-refractivity contribution in [3.05, 3.63) is 85.1 Å². The Kier molecular flexibility index (Phi) is 43.6. The Morgan fingerprint density at radius 3 is 1.34 bits per heavy atom. The van der Waals surface area contributed by atoms with Gasteiger partial charge in [-0.25, -0.2) is 0 Å². The zero-order chi connectivity index (χ0) is 45.5. The predicted molar refractivity (Wildman–Crippen MR) is 263 cm³/mol. The van der Waals surface area contributed by atoms with Crippen LogP contribution < -0.4 is 4.89 Å². The summed E-state index contributed by atoms with van der Waals surface area (Å²) < 4.78 is 34.6. The van der Waals surface area contributed by atoms with Crippen LogP contribution in [0.3, 0.4) is 0 Å². The Balaban J connectivity index is 4.30. The van der Waals surface area contributed by atoms with Gasteiger partial charge in [0.2, 0.25) is 0 Å². The molecule has 2 atom stereocenters. The third kappa shape index (κ3) is 48.7. The highest BCUT2D eigenvalue weighted by molar-refractivity contribution is 7.45. The molecule has 9 heteroatoms. The van der Waals surface area contributed by atoms with E-state index in [1.165, 1.54) is 96.3 Å². The number of ether oxygens (including phenoxy) is 2. The quantitative estimate of drug-likeness (QED) is 0.0198. The van der Waals surface area contributed by atoms with Crippen LogP contribution in [0.15, 0.2) is 85.1 Å². The molecule has 0 amide bonds. The molecule has 358 valence electrons. The highest BCUT2D eigenvalue weighted by atomic mass is 31.2. The molecular formula is C53H94NO7P. The van der Waals surface area contributed by atoms with Gasteiger partial charge in [0.25, 0.3) is 7.82 Å². The molecule has 0 aromatic carbocycles. The van der Waals surface area contributed by atoms with Gasteiger partial charge in [-0.15, -0.1) is 0 Å². The number of unbranched alkanes of at least 4 members (excludes halogenated alkanes) is 17. The summed E-state index contributed by atoms with van der Waals surface area (Å²) in [6.45, 7) is 5.22. The summed E-state index contributed by atoms with van der Waals surface area (Å²) in [5, 5.41) is 0. The normalized spacial score (nSPS) is 14.4. The minimum absolute atomic E-state index is 0.0121. The molecule has 0 heterocycles. The molecule has 0 spiro atoms. The van der Waals surface area contributed by atoms with Crippen LogP contribution >= 0.6 is 7.82 Å². The van der Waals surface area contributed by atoms with Crippen LogP contribution in [0.4, 0.5) is 0 Å². The molecule has 62 heavy (non-hydrogen) atoms. The zero-order valence-corrected chi connectivity index (χ0v) is 41.4. The van der Waals surface area contributed by atoms with Gasteiger partial charge in [0, 0.05) is 13.0 Å². The minimum atomic E-state index is -4.55. The second-order valence-corrected chi connectivity index (χ2v) is 18.9. The van der Waals surface area contributed by atoms with Crippen molar-refractivity contribution in [2.24, 2.45) is 0 Å². The first kappa shape index (κ1) is 59.7. The number of phosphoric acid groups is 1. The van der Waals surface area contributed by atoms with Crippen LogP contribution in [-0.2, 0) is 27.9 Å². The van der Waals surface area contributed by atoms with E-state index in [2.05, 4.69) is 98.9 Å². The summed E-state index contributed by atoms with van der Waals surface area (Å²) in [6, 6.07) is 0. The largest absolute Gasteiger partial charge is 0.756 e. The maximum absolute atomic E-state index is 12.7. The molecule has 2 unspecified atom stereocenters. The smallest absolute Gasteiger partial charge is 0.306 e. The number of phosphoric ester groups is 1. The lowest BCUT2D eigenvalue weighted by atomic mass is 10.0. The lowest BCUT2D eigenvalue weighted by Gasteiger charge is -2.28. The lowest BCUT2D eigenvalue weighted by Crippen LogP contribution is -2.37. The highest BCUT2D eigenvalue weighted by Crippen LogP contribution is 2.38. The van der Waals surface area contributed by atoms with Gasteiger partial charge in [-0.3, -0.25) is 9.36 Å². The van der Waals surface area contributed by atoms with Gasteiger partial charge in [-0.05, 0) is 64.2 Å². The van der Waals surface area contributed by atoms with Crippen molar-refractivity contribution in [1.82, 2.24) is 0 Å². The Labute approximate surface area is 382 Å². The van der Waals surface area contributed by atoms with Crippen molar-refractivity contribution in [3.63, 3.8) is 0 Å². The maximum atomic E-state index is 12.7. The van der Waals surface area contributed by atoms with Crippen molar-refractivity contribution < 1.29 is 37.3 Å². The molecule has 0 N–H and O–H groups in total. The van der Waals surface area contributed by atoms with Crippen LogP contribution in [0, 0.1) is 0 Å². The average molecular weight is 888 g/mol. The number of hydrogen-bond acceptors (Lipinski definition) is 7. The molecular weight excluding hydrogens is 794 g/mol. The molecule has 0 saturated carbocycles. The molecule has 0 fully saturated rings. The van der Waals surface area contributed by atoms with E-state index in [4.69, 9.17) is 18.5 Å². The molecule has 0 rings (SSSR count). The highest BCUT2D eigenvalue weighted by Gasteiger charge is 2.20. The summed E-state index contributed by atoms with van der Waals surface area (Å²) >= 11 is 0. The molecule has 0 radical (unpaired) electrons. The van der Waals surface area contributed by atoms with Crippen LogP contribution in [0.1, 0.15) is 187 Å². The average Bonchev–Trinajstić information content (AvgIpc) is 3.23. The first-order valence-corrected chi connectivity index (χ1v) is 26.3. The Bertz CT molecular complexity index is 1260. The third-order valence-corrected chi connectivity index (χ3v) is 11.2. The van der Waals surface area contributed by atoms with Crippen LogP contribution in [0.5, 0.6) is 0 Å². The Morgan fingerprint density at radius 1 is 0.516 bits per heavy atom. The third-order valence-electron chi connectivity index (χ3n) is 10.2. The molecule has 0 bridgehead atoms. The molecule has 0 saturated heterocycles. The van der Waals surface area contributed by atoms with Gasteiger partial charge in [-0.2, -0.15) is 0 Å². The van der Waals surface area contributed by atoms with Crippen LogP contribution in [-0.4, -0.2) is 70.7 Å². The molecule has 0 aromatic heterocycles. The van der Waals surface area contributed by atoms with Crippen molar-refractivity contribution in [1.29, 1.82) is 0 Å². The standard InChI is InChI=1S/C53H94NO7P/c1-6-8-10-12-14-16-18-20-22-24-25-26-27-28-29-30-32-34-36-38-40-42-44-46-53(55)61-52(51-60-62(56,57)59-49-47-54(3,4)5)50-58-48-45-43-41-39-37-35-33-31-23-21-19-17-15-13-11-9-7-2/h8,10,14,16,20,22,25-26,28-29,32,34,38,40,52H,6-7,9,11-13,15,17-19,21,23-24,27,30-31,33,35-37,39,41-51H2,1-5H3/b10-8-,16-14-,22-20-,26-25-,29-28-,34-32-,40-38-. The second kappa shape index (κ2) is 45.3. The van der Waals surface area contributed by atoms with E-state index >= 15 is 0 Å². The fourth-order valence-electron chi connectivity index (χ4n) is 6.42. The minimum Gasteiger partial charge on any atom is -0.756 e.